The van der Waals surface area contributed by atoms with Crippen LogP contribution in [0.4, 0.5) is 10.6 Å². The van der Waals surface area contributed by atoms with Crippen molar-refractivity contribution in [2.75, 3.05) is 44.2 Å². The number of carbonyl (C=O) groups is 3. The molecule has 0 atom stereocenters. The Labute approximate surface area is 139 Å². The molecular weight excluding hydrogens is 312 g/mol. The predicted molar refractivity (Wildman–Crippen MR) is 85.3 cm³/mol. The Kier molecular flexibility index (Phi) is 4.59. The van der Waals surface area contributed by atoms with E-state index in [0.717, 1.165) is 22.8 Å². The van der Waals surface area contributed by atoms with Crippen molar-refractivity contribution in [1.29, 1.82) is 0 Å². The van der Waals surface area contributed by atoms with Crippen LogP contribution in [-0.4, -0.2) is 76.9 Å². The molecule has 3 heterocycles. The summed E-state index contributed by atoms with van der Waals surface area (Å²) in [4.78, 5) is 48.6. The summed E-state index contributed by atoms with van der Waals surface area (Å²) in [6.07, 6.45) is 2.41. The van der Waals surface area contributed by atoms with E-state index in [1.165, 1.54) is 0 Å². The first kappa shape index (κ1) is 16.2. The number of urea groups is 1. The molecule has 0 radical (unpaired) electrons. The fraction of sp³-hybridized carbons (Fsp3) is 0.533. The van der Waals surface area contributed by atoms with Gasteiger partial charge >= 0.3 is 6.03 Å². The number of rotatable bonds is 4. The first-order chi connectivity index (χ1) is 11.6. The summed E-state index contributed by atoms with van der Waals surface area (Å²) in [5, 5.41) is 2.41. The normalized spacial score (nSPS) is 18.1. The Balaban J connectivity index is 1.55. The highest BCUT2D eigenvalue weighted by Crippen LogP contribution is 2.14. The minimum absolute atomic E-state index is 0.0344. The second-order valence-corrected chi connectivity index (χ2v) is 5.73. The minimum Gasteiger partial charge on any atom is -0.353 e. The Morgan fingerprint density at radius 2 is 1.96 bits per heavy atom. The van der Waals surface area contributed by atoms with E-state index in [9.17, 15) is 14.4 Å². The smallest absolute Gasteiger partial charge is 0.325 e. The van der Waals surface area contributed by atoms with Crippen LogP contribution in [0.25, 0.3) is 0 Å². The highest BCUT2D eigenvalue weighted by atomic mass is 16.2. The first-order valence-electron chi connectivity index (χ1n) is 8.00. The van der Waals surface area contributed by atoms with Gasteiger partial charge in [-0.25, -0.2) is 14.8 Å². The predicted octanol–water partition coefficient (Wildman–Crippen LogP) is -0.761. The molecule has 2 saturated heterocycles. The van der Waals surface area contributed by atoms with E-state index >= 15 is 0 Å². The van der Waals surface area contributed by atoms with Gasteiger partial charge in [-0.2, -0.15) is 0 Å². The van der Waals surface area contributed by atoms with Crippen LogP contribution in [-0.2, 0) is 16.0 Å². The standard InChI is InChI=1S/C15H20N6O3/c1-2-11-7-12(18-10-17-11)19-3-5-20(6-4-19)14(23)9-21-13(22)8-16-15(21)24/h7,10H,2-6,8-9H2,1H3,(H,16,24). The number of anilines is 1. The van der Waals surface area contributed by atoms with Crippen LogP contribution in [0, 0.1) is 0 Å². The number of aromatic nitrogens is 2. The third kappa shape index (κ3) is 3.29. The average molecular weight is 332 g/mol. The molecule has 2 aliphatic heterocycles. The molecule has 0 spiro atoms. The highest BCUT2D eigenvalue weighted by molar-refractivity contribution is 6.04. The summed E-state index contributed by atoms with van der Waals surface area (Å²) in [5.74, 6) is 0.292. The van der Waals surface area contributed by atoms with Gasteiger partial charge in [0.1, 0.15) is 18.7 Å². The van der Waals surface area contributed by atoms with Crippen LogP contribution < -0.4 is 10.2 Å². The highest BCUT2D eigenvalue weighted by Gasteiger charge is 2.32. The maximum Gasteiger partial charge on any atom is 0.325 e. The molecule has 0 aromatic carbocycles. The SMILES string of the molecule is CCc1cc(N2CCN(C(=O)CN3C(=O)CNC3=O)CC2)ncn1. The maximum atomic E-state index is 12.3. The van der Waals surface area contributed by atoms with E-state index in [1.807, 2.05) is 13.0 Å². The number of piperazine rings is 1. The zero-order valence-electron chi connectivity index (χ0n) is 13.6. The lowest BCUT2D eigenvalue weighted by Gasteiger charge is -2.35. The Morgan fingerprint density at radius 3 is 2.58 bits per heavy atom. The molecule has 0 saturated carbocycles. The molecule has 4 amide bonds. The number of imide groups is 1. The first-order valence-corrected chi connectivity index (χ1v) is 8.00. The van der Waals surface area contributed by atoms with Crippen LogP contribution in [0.3, 0.4) is 0 Å². The number of carbonyl (C=O) groups excluding carboxylic acids is 3. The van der Waals surface area contributed by atoms with Gasteiger partial charge in [0, 0.05) is 37.9 Å². The molecule has 3 rings (SSSR count). The van der Waals surface area contributed by atoms with Gasteiger partial charge in [-0.3, -0.25) is 14.5 Å². The van der Waals surface area contributed by atoms with E-state index in [0.29, 0.717) is 26.2 Å². The van der Waals surface area contributed by atoms with Gasteiger partial charge in [0.15, 0.2) is 0 Å². The van der Waals surface area contributed by atoms with Crippen molar-refractivity contribution in [3.63, 3.8) is 0 Å². The largest absolute Gasteiger partial charge is 0.353 e. The molecule has 0 bridgehead atoms. The van der Waals surface area contributed by atoms with Gasteiger partial charge in [-0.15, -0.1) is 0 Å². The topological polar surface area (TPSA) is 98.7 Å². The second-order valence-electron chi connectivity index (χ2n) is 5.73. The Hall–Kier alpha value is -2.71. The van der Waals surface area contributed by atoms with Crippen molar-refractivity contribution in [2.24, 2.45) is 0 Å². The molecule has 9 nitrogen and oxygen atoms in total. The van der Waals surface area contributed by atoms with Gasteiger partial charge in [-0.05, 0) is 6.42 Å². The van der Waals surface area contributed by atoms with Gasteiger partial charge < -0.3 is 15.1 Å². The molecule has 1 N–H and O–H groups in total. The van der Waals surface area contributed by atoms with E-state index in [4.69, 9.17) is 0 Å². The lowest BCUT2D eigenvalue weighted by atomic mass is 10.2. The van der Waals surface area contributed by atoms with Gasteiger partial charge in [0.05, 0.1) is 6.54 Å². The van der Waals surface area contributed by atoms with Crippen LogP contribution in [0.1, 0.15) is 12.6 Å². The molecule has 24 heavy (non-hydrogen) atoms. The number of nitrogens with one attached hydrogen (secondary N) is 1. The van der Waals surface area contributed by atoms with Crippen LogP contribution in [0.15, 0.2) is 12.4 Å². The van der Waals surface area contributed by atoms with Gasteiger partial charge in [-0.1, -0.05) is 6.92 Å². The van der Waals surface area contributed by atoms with Crippen LogP contribution >= 0.6 is 0 Å². The van der Waals surface area contributed by atoms with Crippen LogP contribution in [0.2, 0.25) is 0 Å². The molecular formula is C15H20N6O3. The third-order valence-corrected chi connectivity index (χ3v) is 4.26. The monoisotopic (exact) mass is 332 g/mol. The fourth-order valence-corrected chi connectivity index (χ4v) is 2.79. The van der Waals surface area contributed by atoms with E-state index < -0.39 is 6.03 Å². The zero-order valence-corrected chi connectivity index (χ0v) is 13.6. The van der Waals surface area contributed by atoms with E-state index in [1.54, 1.807) is 11.2 Å². The van der Waals surface area contributed by atoms with Crippen molar-refractivity contribution in [2.45, 2.75) is 13.3 Å². The number of aryl methyl sites for hydroxylation is 1. The van der Waals surface area contributed by atoms with Crippen molar-refractivity contribution in [3.05, 3.63) is 18.1 Å². The Morgan fingerprint density at radius 1 is 1.21 bits per heavy atom. The molecule has 128 valence electrons. The van der Waals surface area contributed by atoms with Crippen molar-refractivity contribution in [3.8, 4) is 0 Å². The van der Waals surface area contributed by atoms with Crippen LogP contribution in [0.5, 0.6) is 0 Å². The van der Waals surface area contributed by atoms with Crippen molar-refractivity contribution >= 4 is 23.7 Å². The molecule has 2 fully saturated rings. The summed E-state index contributed by atoms with van der Waals surface area (Å²) >= 11 is 0. The second kappa shape index (κ2) is 6.81. The quantitative estimate of drug-likeness (QED) is 0.728. The van der Waals surface area contributed by atoms with Gasteiger partial charge in [0.2, 0.25) is 5.91 Å². The minimum atomic E-state index is -0.500. The van der Waals surface area contributed by atoms with E-state index in [2.05, 4.69) is 20.2 Å². The number of hydrogen-bond acceptors (Lipinski definition) is 6. The molecule has 2 aliphatic rings. The van der Waals surface area contributed by atoms with Crippen molar-refractivity contribution in [1.82, 2.24) is 25.1 Å². The Bertz CT molecular complexity index is 640. The van der Waals surface area contributed by atoms with Gasteiger partial charge in [0.25, 0.3) is 5.91 Å². The summed E-state index contributed by atoms with van der Waals surface area (Å²) in [6, 6.07) is 1.46. The molecule has 0 unspecified atom stereocenters. The number of hydrogen-bond donors (Lipinski definition) is 1. The maximum absolute atomic E-state index is 12.3. The molecule has 9 heteroatoms. The summed E-state index contributed by atoms with van der Waals surface area (Å²) < 4.78 is 0. The average Bonchev–Trinajstić information content (AvgIpc) is 2.94. The fourth-order valence-electron chi connectivity index (χ4n) is 2.79. The third-order valence-electron chi connectivity index (χ3n) is 4.26. The lowest BCUT2D eigenvalue weighted by Crippen LogP contribution is -2.52. The zero-order chi connectivity index (χ0) is 17.1. The lowest BCUT2D eigenvalue weighted by molar-refractivity contribution is -0.136. The number of amides is 4. The molecule has 1 aromatic rings. The summed E-state index contributed by atoms with van der Waals surface area (Å²) in [7, 11) is 0. The van der Waals surface area contributed by atoms with E-state index in [-0.39, 0.29) is 24.9 Å². The summed E-state index contributed by atoms with van der Waals surface area (Å²) in [5.41, 5.74) is 0.983. The summed E-state index contributed by atoms with van der Waals surface area (Å²) in [6.45, 7) is 4.20. The molecule has 1 aromatic heterocycles. The molecule has 0 aliphatic carbocycles. The van der Waals surface area contributed by atoms with Crippen molar-refractivity contribution < 1.29 is 14.4 Å². The number of nitrogens with zero attached hydrogens (tertiary/aromatic N) is 5.